The molecule has 4 rings (SSSR count). The molecule has 28 heavy (non-hydrogen) atoms. The molecule has 0 bridgehead atoms. The van der Waals surface area contributed by atoms with Crippen LogP contribution in [0.4, 0.5) is 0 Å². The number of ether oxygens (including phenoxy) is 1. The maximum atomic E-state index is 12.0. The maximum Gasteiger partial charge on any atom is 0.328 e. The summed E-state index contributed by atoms with van der Waals surface area (Å²) in [6, 6.07) is 11.2. The predicted molar refractivity (Wildman–Crippen MR) is 107 cm³/mol. The number of hydrogen-bond acceptors (Lipinski definition) is 5. The van der Waals surface area contributed by atoms with Crippen molar-refractivity contribution in [3.8, 4) is 22.9 Å². The van der Waals surface area contributed by atoms with Gasteiger partial charge in [-0.15, -0.1) is 0 Å². The lowest BCUT2D eigenvalue weighted by molar-refractivity contribution is 0.467. The molecule has 7 nitrogen and oxygen atoms in total. The van der Waals surface area contributed by atoms with E-state index in [1.165, 1.54) is 4.57 Å². The molecular weight excluding hydrogens is 356 g/mol. The Bertz CT molecular complexity index is 1280. The first-order valence-electron chi connectivity index (χ1n) is 8.74. The number of nitrogens with zero attached hydrogens (tertiary/aromatic N) is 3. The molecule has 3 heterocycles. The number of H-pyrrole nitrogens is 1. The number of aromatic amines is 1. The Kier molecular flexibility index (Phi) is 4.27. The molecule has 0 aliphatic rings. The lowest BCUT2D eigenvalue weighted by Crippen LogP contribution is -2.31. The monoisotopic (exact) mass is 374 g/mol. The highest BCUT2D eigenvalue weighted by molar-refractivity contribution is 5.82. The lowest BCUT2D eigenvalue weighted by atomic mass is 10.0. The minimum atomic E-state index is -0.448. The van der Waals surface area contributed by atoms with E-state index < -0.39 is 5.69 Å². The van der Waals surface area contributed by atoms with Crippen LogP contribution in [0.3, 0.4) is 0 Å². The zero-order valence-corrected chi connectivity index (χ0v) is 15.7. The number of rotatable bonds is 3. The summed E-state index contributed by atoms with van der Waals surface area (Å²) in [4.78, 5) is 35.0. The summed E-state index contributed by atoms with van der Waals surface area (Å²) in [5.74, 6) is 1.02. The second-order valence-corrected chi connectivity index (χ2v) is 6.56. The van der Waals surface area contributed by atoms with Gasteiger partial charge in [0.25, 0.3) is 5.56 Å². The molecule has 0 fully saturated rings. The largest absolute Gasteiger partial charge is 0.437 e. The first-order valence-corrected chi connectivity index (χ1v) is 8.74. The Morgan fingerprint density at radius 1 is 1.04 bits per heavy atom. The van der Waals surface area contributed by atoms with Gasteiger partial charge in [-0.05, 0) is 49.7 Å². The average Bonchev–Trinajstić information content (AvgIpc) is 2.68. The quantitative estimate of drug-likeness (QED) is 0.595. The van der Waals surface area contributed by atoms with Crippen LogP contribution in [0.5, 0.6) is 11.6 Å². The van der Waals surface area contributed by atoms with E-state index >= 15 is 0 Å². The molecule has 7 heteroatoms. The summed E-state index contributed by atoms with van der Waals surface area (Å²) in [7, 11) is 1.64. The molecule has 1 N–H and O–H groups in total. The minimum absolute atomic E-state index is 0.385. The van der Waals surface area contributed by atoms with Crippen LogP contribution in [-0.4, -0.2) is 19.5 Å². The van der Waals surface area contributed by atoms with Crippen molar-refractivity contribution in [1.82, 2.24) is 19.5 Å². The number of hydrogen-bond donors (Lipinski definition) is 1. The lowest BCUT2D eigenvalue weighted by Gasteiger charge is -2.14. The van der Waals surface area contributed by atoms with Gasteiger partial charge < -0.3 is 4.74 Å². The van der Waals surface area contributed by atoms with Crippen molar-refractivity contribution >= 4 is 10.9 Å². The summed E-state index contributed by atoms with van der Waals surface area (Å²) < 4.78 is 7.40. The fourth-order valence-electron chi connectivity index (χ4n) is 3.25. The predicted octanol–water partition coefficient (Wildman–Crippen LogP) is 3.09. The molecule has 0 radical (unpaired) electrons. The van der Waals surface area contributed by atoms with Gasteiger partial charge in [0.15, 0.2) is 0 Å². The molecule has 140 valence electrons. The molecule has 0 spiro atoms. The standard InChI is InChI=1S/C21H18N4O3/c1-12-11-15(28-20-17-14(8-10-23-20)5-4-9-22-17)6-7-16(12)18-13(2)19(26)24-21(27)25(18)3/h4-11H,1-3H3,(H,24,26,27). The Labute approximate surface area is 160 Å². The van der Waals surface area contributed by atoms with E-state index in [0.29, 0.717) is 28.4 Å². The zero-order chi connectivity index (χ0) is 19.8. The fourth-order valence-corrected chi connectivity index (χ4v) is 3.25. The Hall–Kier alpha value is -3.74. The Balaban J connectivity index is 1.78. The third kappa shape index (κ3) is 2.96. The second-order valence-electron chi connectivity index (χ2n) is 6.56. The molecule has 0 saturated heterocycles. The number of fused-ring (bicyclic) bond motifs is 1. The third-order valence-corrected chi connectivity index (χ3v) is 4.71. The van der Waals surface area contributed by atoms with Crippen molar-refractivity contribution in [2.24, 2.45) is 7.05 Å². The summed E-state index contributed by atoms with van der Waals surface area (Å²) in [5, 5.41) is 0.940. The van der Waals surface area contributed by atoms with Gasteiger partial charge in [-0.1, -0.05) is 6.07 Å². The van der Waals surface area contributed by atoms with Gasteiger partial charge >= 0.3 is 5.69 Å². The normalized spacial score (nSPS) is 11.0. The Morgan fingerprint density at radius 3 is 2.64 bits per heavy atom. The topological polar surface area (TPSA) is 89.9 Å². The van der Waals surface area contributed by atoms with Crippen molar-refractivity contribution in [3.63, 3.8) is 0 Å². The van der Waals surface area contributed by atoms with Gasteiger partial charge in [0, 0.05) is 36.0 Å². The molecule has 3 aromatic heterocycles. The van der Waals surface area contributed by atoms with E-state index in [4.69, 9.17) is 4.74 Å². The van der Waals surface area contributed by atoms with Gasteiger partial charge in [-0.25, -0.2) is 9.78 Å². The van der Waals surface area contributed by atoms with Crippen LogP contribution < -0.4 is 16.0 Å². The molecule has 0 aliphatic heterocycles. The van der Waals surface area contributed by atoms with Crippen LogP contribution in [0.1, 0.15) is 11.1 Å². The maximum absolute atomic E-state index is 12.0. The van der Waals surface area contributed by atoms with Gasteiger partial charge in [0.2, 0.25) is 5.88 Å². The smallest absolute Gasteiger partial charge is 0.328 e. The van der Waals surface area contributed by atoms with Crippen molar-refractivity contribution in [1.29, 1.82) is 0 Å². The number of nitrogens with one attached hydrogen (secondary N) is 1. The first-order chi connectivity index (χ1) is 13.5. The number of pyridine rings is 2. The summed E-state index contributed by atoms with van der Waals surface area (Å²) in [6.07, 6.45) is 3.37. The van der Waals surface area contributed by atoms with Crippen molar-refractivity contribution in [3.05, 3.63) is 80.8 Å². The molecule has 1 aromatic carbocycles. The van der Waals surface area contributed by atoms with Crippen LogP contribution in [0.15, 0.2) is 58.4 Å². The molecule has 0 saturated carbocycles. The highest BCUT2D eigenvalue weighted by atomic mass is 16.5. The van der Waals surface area contributed by atoms with Crippen LogP contribution in [0.25, 0.3) is 22.2 Å². The molecule has 0 amide bonds. The van der Waals surface area contributed by atoms with E-state index in [9.17, 15) is 9.59 Å². The third-order valence-electron chi connectivity index (χ3n) is 4.71. The van der Waals surface area contributed by atoms with Gasteiger partial charge in [0.1, 0.15) is 11.3 Å². The number of benzene rings is 1. The fraction of sp³-hybridized carbons (Fsp3) is 0.143. The minimum Gasteiger partial charge on any atom is -0.437 e. The van der Waals surface area contributed by atoms with E-state index in [-0.39, 0.29) is 5.56 Å². The highest BCUT2D eigenvalue weighted by Crippen LogP contribution is 2.31. The number of aryl methyl sites for hydroxylation is 1. The number of aromatic nitrogens is 4. The van der Waals surface area contributed by atoms with Gasteiger partial charge in [0.05, 0.1) is 5.69 Å². The van der Waals surface area contributed by atoms with E-state index in [1.54, 1.807) is 32.4 Å². The molecular formula is C21H18N4O3. The van der Waals surface area contributed by atoms with E-state index in [2.05, 4.69) is 15.0 Å². The summed E-state index contributed by atoms with van der Waals surface area (Å²) >= 11 is 0. The molecule has 0 aliphatic carbocycles. The van der Waals surface area contributed by atoms with Crippen LogP contribution in [0, 0.1) is 13.8 Å². The van der Waals surface area contributed by atoms with Crippen LogP contribution in [0.2, 0.25) is 0 Å². The van der Waals surface area contributed by atoms with Crippen molar-refractivity contribution in [2.45, 2.75) is 13.8 Å². The molecule has 0 atom stereocenters. The molecule has 0 unspecified atom stereocenters. The van der Waals surface area contributed by atoms with Crippen LogP contribution in [-0.2, 0) is 7.05 Å². The SMILES string of the molecule is Cc1cc(Oc2nccc3cccnc23)ccc1-c1c(C)c(=O)[nH]c(=O)n1C. The average molecular weight is 374 g/mol. The second kappa shape index (κ2) is 6.77. The van der Waals surface area contributed by atoms with Gasteiger partial charge in [-0.3, -0.25) is 19.3 Å². The van der Waals surface area contributed by atoms with E-state index in [1.807, 2.05) is 37.3 Å². The molecule has 4 aromatic rings. The summed E-state index contributed by atoms with van der Waals surface area (Å²) in [5.41, 5.74) is 2.58. The Morgan fingerprint density at radius 2 is 1.86 bits per heavy atom. The first kappa shape index (κ1) is 17.7. The van der Waals surface area contributed by atoms with Crippen LogP contribution >= 0.6 is 0 Å². The van der Waals surface area contributed by atoms with Crippen molar-refractivity contribution in [2.75, 3.05) is 0 Å². The summed E-state index contributed by atoms with van der Waals surface area (Å²) in [6.45, 7) is 3.60. The highest BCUT2D eigenvalue weighted by Gasteiger charge is 2.14. The zero-order valence-electron chi connectivity index (χ0n) is 15.7. The van der Waals surface area contributed by atoms with Gasteiger partial charge in [-0.2, -0.15) is 0 Å². The van der Waals surface area contributed by atoms with E-state index in [0.717, 1.165) is 16.5 Å². The van der Waals surface area contributed by atoms with Crippen molar-refractivity contribution < 1.29 is 4.74 Å².